The summed E-state index contributed by atoms with van der Waals surface area (Å²) in [5.74, 6) is -0.204. The number of carbonyl (C=O) groups excluding carboxylic acids is 3. The zero-order valence-electron chi connectivity index (χ0n) is 20.4. The van der Waals surface area contributed by atoms with E-state index in [1.807, 2.05) is 60.7 Å². The first kappa shape index (κ1) is 24.9. The van der Waals surface area contributed by atoms with Crippen LogP contribution in [0.1, 0.15) is 45.9 Å². The van der Waals surface area contributed by atoms with E-state index in [-0.39, 0.29) is 30.4 Å². The molecule has 3 aromatic rings. The van der Waals surface area contributed by atoms with Crippen LogP contribution in [0.15, 0.2) is 66.7 Å². The van der Waals surface area contributed by atoms with Gasteiger partial charge >= 0.3 is 0 Å². The summed E-state index contributed by atoms with van der Waals surface area (Å²) >= 11 is 12.3. The first-order chi connectivity index (χ1) is 18.4. The Bertz CT molecular complexity index is 1360. The van der Waals surface area contributed by atoms with E-state index < -0.39 is 11.9 Å². The molecule has 38 heavy (non-hydrogen) atoms. The van der Waals surface area contributed by atoms with Crippen molar-refractivity contribution < 1.29 is 19.1 Å². The second-order valence-corrected chi connectivity index (χ2v) is 10.8. The lowest BCUT2D eigenvalue weighted by molar-refractivity contribution is -0.136. The monoisotopic (exact) mass is 549 g/mol. The second-order valence-electron chi connectivity index (χ2n) is 9.92. The van der Waals surface area contributed by atoms with Crippen LogP contribution >= 0.6 is 23.2 Å². The molecule has 3 amide bonds. The van der Waals surface area contributed by atoms with Crippen LogP contribution in [-0.2, 0) is 16.1 Å². The Morgan fingerprint density at radius 3 is 2.11 bits per heavy atom. The molecule has 194 valence electrons. The lowest BCUT2D eigenvalue weighted by Crippen LogP contribution is -2.55. The number of carbonyl (C=O) groups is 3. The number of amides is 3. The van der Waals surface area contributed by atoms with Crippen molar-refractivity contribution in [3.63, 3.8) is 0 Å². The van der Waals surface area contributed by atoms with E-state index in [1.165, 1.54) is 0 Å². The molecular weight excluding hydrogens is 525 g/mol. The van der Waals surface area contributed by atoms with E-state index >= 15 is 0 Å². The van der Waals surface area contributed by atoms with Crippen molar-refractivity contribution >= 4 is 40.9 Å². The first-order valence-corrected chi connectivity index (χ1v) is 13.3. The minimum atomic E-state index is -0.630. The predicted octanol–water partition coefficient (Wildman–Crippen LogP) is 4.61. The van der Waals surface area contributed by atoms with Gasteiger partial charge in [0.1, 0.15) is 17.9 Å². The maximum absolute atomic E-state index is 13.0. The van der Waals surface area contributed by atoms with Gasteiger partial charge in [0.2, 0.25) is 11.8 Å². The molecule has 2 saturated heterocycles. The highest BCUT2D eigenvalue weighted by atomic mass is 35.5. The molecule has 3 aliphatic rings. The first-order valence-electron chi connectivity index (χ1n) is 12.5. The van der Waals surface area contributed by atoms with Gasteiger partial charge in [0.05, 0.1) is 6.04 Å². The zero-order valence-corrected chi connectivity index (χ0v) is 21.9. The molecule has 3 aliphatic heterocycles. The second kappa shape index (κ2) is 10.1. The highest BCUT2D eigenvalue weighted by Gasteiger charge is 2.40. The number of nitrogens with one attached hydrogen (secondary N) is 1. The summed E-state index contributed by atoms with van der Waals surface area (Å²) in [5.41, 5.74) is 3.68. The third-order valence-electron chi connectivity index (χ3n) is 7.41. The van der Waals surface area contributed by atoms with Gasteiger partial charge in [0.15, 0.2) is 0 Å². The number of hydrogen-bond donors (Lipinski definition) is 1. The summed E-state index contributed by atoms with van der Waals surface area (Å²) in [5, 5.41) is 3.72. The Hall–Kier alpha value is -3.39. The van der Waals surface area contributed by atoms with Gasteiger partial charge < -0.3 is 9.64 Å². The number of nitrogens with zero attached hydrogens (tertiary/aromatic N) is 2. The molecule has 0 radical (unpaired) electrons. The van der Waals surface area contributed by atoms with Crippen molar-refractivity contribution in [1.29, 1.82) is 0 Å². The minimum absolute atomic E-state index is 0.00140. The molecule has 9 heteroatoms. The Morgan fingerprint density at radius 2 is 1.50 bits per heavy atom. The number of halogens is 2. The van der Waals surface area contributed by atoms with Gasteiger partial charge in [-0.3, -0.25) is 24.6 Å². The average Bonchev–Trinajstić information content (AvgIpc) is 3.20. The third kappa shape index (κ3) is 4.77. The van der Waals surface area contributed by atoms with Crippen molar-refractivity contribution in [3.05, 3.63) is 99.0 Å². The van der Waals surface area contributed by atoms with Crippen molar-refractivity contribution in [2.45, 2.75) is 37.6 Å². The van der Waals surface area contributed by atoms with Gasteiger partial charge in [-0.1, -0.05) is 47.5 Å². The number of benzene rings is 3. The molecule has 0 aromatic heterocycles. The fourth-order valence-corrected chi connectivity index (χ4v) is 5.73. The number of piperidine rings is 1. The summed E-state index contributed by atoms with van der Waals surface area (Å²) < 4.78 is 6.28. The predicted molar refractivity (Wildman–Crippen MR) is 143 cm³/mol. The smallest absolute Gasteiger partial charge is 0.255 e. The minimum Gasteiger partial charge on any atom is -0.488 e. The van der Waals surface area contributed by atoms with E-state index in [2.05, 4.69) is 10.2 Å². The SMILES string of the molecule is O=C1CCC(N2Cc3cc(OC4CN(C(c5ccc(Cl)cc5)c5ccc(Cl)cc5)C4)ccc3C2=O)C(=O)N1. The number of fused-ring (bicyclic) bond motifs is 1. The molecule has 2 fully saturated rings. The third-order valence-corrected chi connectivity index (χ3v) is 7.91. The number of hydrogen-bond acceptors (Lipinski definition) is 5. The highest BCUT2D eigenvalue weighted by Crippen LogP contribution is 2.36. The molecule has 7 nitrogen and oxygen atoms in total. The quantitative estimate of drug-likeness (QED) is 0.454. The molecule has 1 unspecified atom stereocenters. The van der Waals surface area contributed by atoms with Crippen molar-refractivity contribution in [3.8, 4) is 5.75 Å². The maximum atomic E-state index is 13.0. The van der Waals surface area contributed by atoms with Crippen LogP contribution in [0, 0.1) is 0 Å². The van der Waals surface area contributed by atoms with Crippen LogP contribution in [0.3, 0.4) is 0 Å². The lowest BCUT2D eigenvalue weighted by Gasteiger charge is -2.44. The van der Waals surface area contributed by atoms with Gasteiger partial charge in [-0.25, -0.2) is 0 Å². The number of rotatable bonds is 6. The van der Waals surface area contributed by atoms with Gasteiger partial charge in [-0.2, -0.15) is 0 Å². The topological polar surface area (TPSA) is 79.0 Å². The lowest BCUT2D eigenvalue weighted by atomic mass is 9.94. The van der Waals surface area contributed by atoms with E-state index in [4.69, 9.17) is 27.9 Å². The molecule has 1 N–H and O–H groups in total. The summed E-state index contributed by atoms with van der Waals surface area (Å²) in [7, 11) is 0. The molecule has 0 bridgehead atoms. The van der Waals surface area contributed by atoms with Crippen LogP contribution in [0.4, 0.5) is 0 Å². The van der Waals surface area contributed by atoms with Crippen LogP contribution in [-0.4, -0.2) is 52.8 Å². The Balaban J connectivity index is 1.13. The summed E-state index contributed by atoms with van der Waals surface area (Å²) in [6.07, 6.45) is 0.572. The molecule has 0 spiro atoms. The van der Waals surface area contributed by atoms with Crippen molar-refractivity contribution in [1.82, 2.24) is 15.1 Å². The summed E-state index contributed by atoms with van der Waals surface area (Å²) in [6, 6.07) is 20.6. The molecule has 0 aliphatic carbocycles. The molecule has 0 saturated carbocycles. The molecule has 3 aromatic carbocycles. The standard InChI is InChI=1S/C29H25Cl2N3O4/c30-20-5-1-17(2-6-20)27(18-3-7-21(31)8-4-18)33-15-23(16-33)38-22-9-10-24-19(13-22)14-34(29(24)37)25-11-12-26(35)32-28(25)36/h1-10,13,23,25,27H,11-12,14-16H2,(H,32,35,36). The maximum Gasteiger partial charge on any atom is 0.255 e. The zero-order chi connectivity index (χ0) is 26.4. The number of likely N-dealkylation sites (tertiary alicyclic amines) is 1. The van der Waals surface area contributed by atoms with Gasteiger partial charge in [0.25, 0.3) is 5.91 Å². The molecular formula is C29H25Cl2N3O4. The molecule has 3 heterocycles. The van der Waals surface area contributed by atoms with E-state index in [1.54, 1.807) is 11.0 Å². The van der Waals surface area contributed by atoms with E-state index in [0.29, 0.717) is 34.3 Å². The Labute approximate surface area is 230 Å². The van der Waals surface area contributed by atoms with E-state index in [9.17, 15) is 14.4 Å². The fourth-order valence-electron chi connectivity index (χ4n) is 5.48. The van der Waals surface area contributed by atoms with Crippen LogP contribution in [0.25, 0.3) is 0 Å². The number of imide groups is 1. The largest absolute Gasteiger partial charge is 0.488 e. The fraction of sp³-hybridized carbons (Fsp3) is 0.276. The molecule has 6 rings (SSSR count). The molecule has 1 atom stereocenters. The van der Waals surface area contributed by atoms with Crippen molar-refractivity contribution in [2.24, 2.45) is 0 Å². The van der Waals surface area contributed by atoms with E-state index in [0.717, 1.165) is 29.8 Å². The van der Waals surface area contributed by atoms with Gasteiger partial charge in [-0.15, -0.1) is 0 Å². The normalized spacial score (nSPS) is 19.9. The highest BCUT2D eigenvalue weighted by molar-refractivity contribution is 6.30. The van der Waals surface area contributed by atoms with Gasteiger partial charge in [0, 0.05) is 41.7 Å². The van der Waals surface area contributed by atoms with Crippen LogP contribution in [0.2, 0.25) is 10.0 Å². The van der Waals surface area contributed by atoms with Crippen LogP contribution in [0.5, 0.6) is 5.75 Å². The summed E-state index contributed by atoms with van der Waals surface area (Å²) in [6.45, 7) is 1.78. The van der Waals surface area contributed by atoms with Crippen LogP contribution < -0.4 is 10.1 Å². The number of ether oxygens (including phenoxy) is 1. The average molecular weight is 550 g/mol. The summed E-state index contributed by atoms with van der Waals surface area (Å²) in [4.78, 5) is 40.6. The van der Waals surface area contributed by atoms with Gasteiger partial charge in [-0.05, 0) is 65.6 Å². The van der Waals surface area contributed by atoms with Crippen molar-refractivity contribution in [2.75, 3.05) is 13.1 Å². The Kier molecular flexibility index (Phi) is 6.60. The Morgan fingerprint density at radius 1 is 0.868 bits per heavy atom.